The Labute approximate surface area is 208 Å². The van der Waals surface area contributed by atoms with Crippen molar-refractivity contribution in [1.82, 2.24) is 14.5 Å². The van der Waals surface area contributed by atoms with E-state index in [0.717, 1.165) is 11.3 Å². The standard InChI is InChI=1S/C27H25ClN4O3/c1-3-31(26(34)20-8-5-4-6-9-20)18-25(33)30-27-29-24(19-12-14-21(28)15-13-19)17-32(27)22-10-7-11-23(16-22)35-2/h4-17H,3,18H2,1-2H3,(H,29,30,33). The molecule has 0 unspecified atom stereocenters. The summed E-state index contributed by atoms with van der Waals surface area (Å²) in [6.45, 7) is 2.12. The molecule has 0 bridgehead atoms. The molecule has 4 rings (SSSR count). The van der Waals surface area contributed by atoms with Crippen LogP contribution in [-0.2, 0) is 4.79 Å². The average molecular weight is 489 g/mol. The van der Waals surface area contributed by atoms with Crippen LogP contribution >= 0.6 is 11.6 Å². The Balaban J connectivity index is 1.62. The fourth-order valence-corrected chi connectivity index (χ4v) is 3.74. The molecule has 0 atom stereocenters. The quantitative estimate of drug-likeness (QED) is 0.365. The lowest BCUT2D eigenvalue weighted by Crippen LogP contribution is -2.38. The average Bonchev–Trinajstić information content (AvgIpc) is 3.31. The van der Waals surface area contributed by atoms with Crippen molar-refractivity contribution >= 4 is 29.4 Å². The van der Waals surface area contributed by atoms with Gasteiger partial charge in [0.15, 0.2) is 0 Å². The molecule has 1 N–H and O–H groups in total. The van der Waals surface area contributed by atoms with Crippen molar-refractivity contribution in [2.45, 2.75) is 6.92 Å². The van der Waals surface area contributed by atoms with Crippen molar-refractivity contribution in [2.75, 3.05) is 25.5 Å². The van der Waals surface area contributed by atoms with E-state index in [1.165, 1.54) is 4.90 Å². The highest BCUT2D eigenvalue weighted by molar-refractivity contribution is 6.30. The van der Waals surface area contributed by atoms with E-state index < -0.39 is 0 Å². The summed E-state index contributed by atoms with van der Waals surface area (Å²) in [6, 6.07) is 23.6. The number of nitrogens with one attached hydrogen (secondary N) is 1. The summed E-state index contributed by atoms with van der Waals surface area (Å²) in [6.07, 6.45) is 1.83. The number of likely N-dealkylation sites (N-methyl/N-ethyl adjacent to an activating group) is 1. The highest BCUT2D eigenvalue weighted by Gasteiger charge is 2.20. The number of ether oxygens (including phenoxy) is 1. The van der Waals surface area contributed by atoms with E-state index in [9.17, 15) is 9.59 Å². The van der Waals surface area contributed by atoms with Gasteiger partial charge in [0.1, 0.15) is 12.3 Å². The summed E-state index contributed by atoms with van der Waals surface area (Å²) >= 11 is 6.04. The lowest BCUT2D eigenvalue weighted by atomic mass is 10.2. The summed E-state index contributed by atoms with van der Waals surface area (Å²) in [5.41, 5.74) is 2.80. The molecule has 2 amide bonds. The van der Waals surface area contributed by atoms with Gasteiger partial charge in [0, 0.05) is 35.0 Å². The lowest BCUT2D eigenvalue weighted by molar-refractivity contribution is -0.116. The van der Waals surface area contributed by atoms with E-state index in [1.54, 1.807) is 48.1 Å². The van der Waals surface area contributed by atoms with Crippen LogP contribution in [0.15, 0.2) is 85.1 Å². The molecule has 3 aromatic carbocycles. The number of carbonyl (C=O) groups excluding carboxylic acids is 2. The molecule has 1 aromatic heterocycles. The summed E-state index contributed by atoms with van der Waals surface area (Å²) in [7, 11) is 1.60. The van der Waals surface area contributed by atoms with Crippen LogP contribution in [0.25, 0.3) is 16.9 Å². The fourth-order valence-electron chi connectivity index (χ4n) is 3.61. The van der Waals surface area contributed by atoms with Gasteiger partial charge in [0.05, 0.1) is 18.5 Å². The Hall–Kier alpha value is -4.10. The molecule has 7 nitrogen and oxygen atoms in total. The number of rotatable bonds is 8. The first-order valence-corrected chi connectivity index (χ1v) is 11.5. The van der Waals surface area contributed by atoms with Crippen LogP contribution in [0.3, 0.4) is 0 Å². The van der Waals surface area contributed by atoms with Gasteiger partial charge < -0.3 is 9.64 Å². The normalized spacial score (nSPS) is 10.6. The molecular weight excluding hydrogens is 464 g/mol. The van der Waals surface area contributed by atoms with E-state index in [-0.39, 0.29) is 18.4 Å². The molecule has 0 spiro atoms. The Morgan fingerprint density at radius 2 is 1.77 bits per heavy atom. The number of aromatic nitrogens is 2. The van der Waals surface area contributed by atoms with Gasteiger partial charge in [-0.3, -0.25) is 19.5 Å². The van der Waals surface area contributed by atoms with Gasteiger partial charge >= 0.3 is 0 Å². The first kappa shape index (κ1) is 24.0. The maximum Gasteiger partial charge on any atom is 0.254 e. The van der Waals surface area contributed by atoms with E-state index in [4.69, 9.17) is 16.3 Å². The van der Waals surface area contributed by atoms with E-state index in [1.807, 2.05) is 55.6 Å². The zero-order valence-corrected chi connectivity index (χ0v) is 20.2. The Kier molecular flexibility index (Phi) is 7.48. The third kappa shape index (κ3) is 5.70. The van der Waals surface area contributed by atoms with Gasteiger partial charge in [-0.2, -0.15) is 0 Å². The fraction of sp³-hybridized carbons (Fsp3) is 0.148. The van der Waals surface area contributed by atoms with Gasteiger partial charge in [-0.1, -0.05) is 48.0 Å². The summed E-state index contributed by atoms with van der Waals surface area (Å²) < 4.78 is 7.14. The minimum Gasteiger partial charge on any atom is -0.497 e. The summed E-state index contributed by atoms with van der Waals surface area (Å²) in [4.78, 5) is 32.0. The van der Waals surface area contributed by atoms with Crippen LogP contribution in [0, 0.1) is 0 Å². The molecule has 0 saturated carbocycles. The molecule has 35 heavy (non-hydrogen) atoms. The molecule has 0 radical (unpaired) electrons. The molecule has 0 aliphatic carbocycles. The van der Waals surface area contributed by atoms with Gasteiger partial charge in [0.25, 0.3) is 5.91 Å². The van der Waals surface area contributed by atoms with Crippen LogP contribution < -0.4 is 10.1 Å². The highest BCUT2D eigenvalue weighted by atomic mass is 35.5. The second-order valence-corrected chi connectivity index (χ2v) is 8.20. The van der Waals surface area contributed by atoms with Crippen molar-refractivity contribution < 1.29 is 14.3 Å². The topological polar surface area (TPSA) is 76.5 Å². The number of hydrogen-bond acceptors (Lipinski definition) is 4. The zero-order valence-electron chi connectivity index (χ0n) is 19.4. The van der Waals surface area contributed by atoms with Crippen molar-refractivity contribution in [3.05, 3.63) is 95.6 Å². The number of nitrogens with zero attached hydrogens (tertiary/aromatic N) is 3. The van der Waals surface area contributed by atoms with Crippen molar-refractivity contribution in [3.8, 4) is 22.7 Å². The number of imidazole rings is 1. The Morgan fingerprint density at radius 3 is 2.46 bits per heavy atom. The second kappa shape index (κ2) is 10.9. The maximum atomic E-state index is 13.0. The van der Waals surface area contributed by atoms with Gasteiger partial charge in [-0.15, -0.1) is 0 Å². The lowest BCUT2D eigenvalue weighted by Gasteiger charge is -2.20. The number of halogens is 1. The van der Waals surface area contributed by atoms with Gasteiger partial charge in [-0.25, -0.2) is 4.98 Å². The second-order valence-electron chi connectivity index (χ2n) is 7.76. The molecule has 4 aromatic rings. The maximum absolute atomic E-state index is 13.0. The zero-order chi connectivity index (χ0) is 24.8. The molecule has 0 saturated heterocycles. The summed E-state index contributed by atoms with van der Waals surface area (Å²) in [5.74, 6) is 0.443. The molecule has 0 fully saturated rings. The molecule has 0 aliphatic heterocycles. The minimum absolute atomic E-state index is 0.106. The Morgan fingerprint density at radius 1 is 1.03 bits per heavy atom. The molecular formula is C27H25ClN4O3. The molecule has 8 heteroatoms. The largest absolute Gasteiger partial charge is 0.497 e. The van der Waals surface area contributed by atoms with Crippen LogP contribution in [0.1, 0.15) is 17.3 Å². The number of hydrogen-bond donors (Lipinski definition) is 1. The van der Waals surface area contributed by atoms with Gasteiger partial charge in [0.2, 0.25) is 11.9 Å². The van der Waals surface area contributed by atoms with Crippen molar-refractivity contribution in [2.24, 2.45) is 0 Å². The van der Waals surface area contributed by atoms with E-state index in [0.29, 0.717) is 34.5 Å². The minimum atomic E-state index is -0.353. The van der Waals surface area contributed by atoms with Crippen molar-refractivity contribution in [1.29, 1.82) is 0 Å². The van der Waals surface area contributed by atoms with E-state index in [2.05, 4.69) is 10.3 Å². The van der Waals surface area contributed by atoms with Crippen LogP contribution in [0.5, 0.6) is 5.75 Å². The Bertz CT molecular complexity index is 1320. The van der Waals surface area contributed by atoms with Crippen LogP contribution in [0.4, 0.5) is 5.95 Å². The van der Waals surface area contributed by atoms with Crippen LogP contribution in [-0.4, -0.2) is 46.5 Å². The monoisotopic (exact) mass is 488 g/mol. The number of amides is 2. The number of methoxy groups -OCH3 is 1. The SMILES string of the molecule is CCN(CC(=O)Nc1nc(-c2ccc(Cl)cc2)cn1-c1cccc(OC)c1)C(=O)c1ccccc1. The van der Waals surface area contributed by atoms with Gasteiger partial charge in [-0.05, 0) is 43.3 Å². The number of carbonyl (C=O) groups is 2. The number of benzene rings is 3. The third-order valence-corrected chi connectivity index (χ3v) is 5.70. The predicted molar refractivity (Wildman–Crippen MR) is 137 cm³/mol. The first-order chi connectivity index (χ1) is 17.0. The molecule has 178 valence electrons. The number of anilines is 1. The third-order valence-electron chi connectivity index (χ3n) is 5.45. The smallest absolute Gasteiger partial charge is 0.254 e. The van der Waals surface area contributed by atoms with Crippen LogP contribution in [0.2, 0.25) is 5.02 Å². The molecule has 1 heterocycles. The first-order valence-electron chi connectivity index (χ1n) is 11.1. The van der Waals surface area contributed by atoms with Crippen molar-refractivity contribution in [3.63, 3.8) is 0 Å². The molecule has 0 aliphatic rings. The van der Waals surface area contributed by atoms with E-state index >= 15 is 0 Å². The predicted octanol–water partition coefficient (Wildman–Crippen LogP) is 5.30. The summed E-state index contributed by atoms with van der Waals surface area (Å²) in [5, 5.41) is 3.49. The highest BCUT2D eigenvalue weighted by Crippen LogP contribution is 2.27.